The number of amides is 1. The van der Waals surface area contributed by atoms with E-state index in [-0.39, 0.29) is 17.1 Å². The first kappa shape index (κ1) is 19.4. The van der Waals surface area contributed by atoms with E-state index in [0.29, 0.717) is 11.3 Å². The van der Waals surface area contributed by atoms with Gasteiger partial charge in [0.25, 0.3) is 5.91 Å². The van der Waals surface area contributed by atoms with E-state index >= 15 is 0 Å². The molecule has 0 aliphatic carbocycles. The largest absolute Gasteiger partial charge is 0.497 e. The summed E-state index contributed by atoms with van der Waals surface area (Å²) in [5, 5.41) is 7.18. The Bertz CT molecular complexity index is 1220. The smallest absolute Gasteiger partial charge is 0.416 e. The van der Waals surface area contributed by atoms with Crippen LogP contribution in [-0.4, -0.2) is 32.8 Å². The third kappa shape index (κ3) is 3.79. The first-order valence-electron chi connectivity index (χ1n) is 8.67. The Morgan fingerprint density at radius 3 is 2.63 bits per heavy atom. The van der Waals surface area contributed by atoms with Crippen LogP contribution >= 0.6 is 0 Å². The maximum absolute atomic E-state index is 13.2. The van der Waals surface area contributed by atoms with E-state index < -0.39 is 17.6 Å². The van der Waals surface area contributed by atoms with Gasteiger partial charge in [-0.3, -0.25) is 4.79 Å². The van der Waals surface area contributed by atoms with Crippen molar-refractivity contribution in [2.45, 2.75) is 6.18 Å². The zero-order valence-corrected chi connectivity index (χ0v) is 15.5. The molecular formula is C20H14F3N5O2. The number of aromatic nitrogens is 4. The van der Waals surface area contributed by atoms with Gasteiger partial charge in [-0.2, -0.15) is 18.3 Å². The molecule has 30 heavy (non-hydrogen) atoms. The lowest BCUT2D eigenvalue weighted by atomic mass is 10.1. The molecule has 0 spiro atoms. The van der Waals surface area contributed by atoms with Crippen LogP contribution in [0.3, 0.4) is 0 Å². The molecule has 4 aromatic rings. The molecule has 10 heteroatoms. The van der Waals surface area contributed by atoms with Crippen LogP contribution < -0.4 is 10.1 Å². The minimum atomic E-state index is -4.57. The monoisotopic (exact) mass is 413 g/mol. The molecule has 4 rings (SSSR count). The van der Waals surface area contributed by atoms with Gasteiger partial charge in [-0.15, -0.1) is 0 Å². The average molecular weight is 413 g/mol. The van der Waals surface area contributed by atoms with Gasteiger partial charge in [0, 0.05) is 5.39 Å². The lowest BCUT2D eigenvalue weighted by Crippen LogP contribution is -2.17. The summed E-state index contributed by atoms with van der Waals surface area (Å²) < 4.78 is 45.9. The van der Waals surface area contributed by atoms with Gasteiger partial charge in [-0.1, -0.05) is 6.07 Å². The van der Waals surface area contributed by atoms with Gasteiger partial charge in [-0.25, -0.2) is 14.6 Å². The molecule has 0 radical (unpaired) electrons. The fourth-order valence-electron chi connectivity index (χ4n) is 2.89. The molecule has 0 saturated carbocycles. The summed E-state index contributed by atoms with van der Waals surface area (Å²) in [6.07, 6.45) is -2.01. The zero-order valence-electron chi connectivity index (χ0n) is 15.5. The number of pyridine rings is 1. The Labute approximate surface area is 168 Å². The Morgan fingerprint density at radius 1 is 1.10 bits per heavy atom. The SMILES string of the molecule is COc1ccc2nc(C(=O)Nc3cc(C(F)(F)F)ccc3-n3cncn3)ccc2c1. The number of hydrogen-bond acceptors (Lipinski definition) is 5. The molecule has 152 valence electrons. The van der Waals surface area contributed by atoms with Crippen molar-refractivity contribution in [3.63, 3.8) is 0 Å². The maximum Gasteiger partial charge on any atom is 0.416 e. The van der Waals surface area contributed by atoms with Crippen LogP contribution in [0, 0.1) is 0 Å². The van der Waals surface area contributed by atoms with E-state index in [2.05, 4.69) is 20.4 Å². The van der Waals surface area contributed by atoms with Crippen LogP contribution in [0.1, 0.15) is 16.1 Å². The lowest BCUT2D eigenvalue weighted by molar-refractivity contribution is -0.137. The van der Waals surface area contributed by atoms with E-state index in [9.17, 15) is 18.0 Å². The highest BCUT2D eigenvalue weighted by Gasteiger charge is 2.31. The second kappa shape index (κ2) is 7.47. The Morgan fingerprint density at radius 2 is 1.93 bits per heavy atom. The molecule has 0 saturated heterocycles. The Hall–Kier alpha value is -3.95. The van der Waals surface area contributed by atoms with Gasteiger partial charge in [-0.05, 0) is 42.5 Å². The standard InChI is InChI=1S/C20H14F3N5O2/c1-30-14-4-6-15-12(8-14)2-5-16(26-15)19(29)27-17-9-13(20(21,22)23)3-7-18(17)28-11-24-10-25-28/h2-11H,1H3,(H,27,29). The van der Waals surface area contributed by atoms with Gasteiger partial charge in [0.05, 0.1) is 29.6 Å². The first-order chi connectivity index (χ1) is 14.3. The third-order valence-corrected chi connectivity index (χ3v) is 4.37. The molecule has 0 aliphatic heterocycles. The molecule has 0 aliphatic rings. The molecule has 1 N–H and O–H groups in total. The van der Waals surface area contributed by atoms with Crippen LogP contribution in [0.5, 0.6) is 5.75 Å². The number of rotatable bonds is 4. The number of carbonyl (C=O) groups excluding carboxylic acids is 1. The summed E-state index contributed by atoms with van der Waals surface area (Å²) in [5.41, 5.74) is -0.143. The fourth-order valence-corrected chi connectivity index (χ4v) is 2.89. The number of alkyl halides is 3. The predicted octanol–water partition coefficient (Wildman–Crippen LogP) is 4.10. The molecule has 0 bridgehead atoms. The molecule has 7 nitrogen and oxygen atoms in total. The van der Waals surface area contributed by atoms with Crippen molar-refractivity contribution >= 4 is 22.5 Å². The van der Waals surface area contributed by atoms with Crippen molar-refractivity contribution in [1.29, 1.82) is 0 Å². The molecular weight excluding hydrogens is 399 g/mol. The molecule has 2 aromatic carbocycles. The Balaban J connectivity index is 1.70. The molecule has 2 aromatic heterocycles. The van der Waals surface area contributed by atoms with Crippen LogP contribution in [0.15, 0.2) is 61.2 Å². The van der Waals surface area contributed by atoms with Gasteiger partial charge in [0.2, 0.25) is 0 Å². The van der Waals surface area contributed by atoms with Gasteiger partial charge in [0.15, 0.2) is 0 Å². The number of ether oxygens (including phenoxy) is 1. The highest BCUT2D eigenvalue weighted by atomic mass is 19.4. The van der Waals surface area contributed by atoms with E-state index in [1.807, 2.05) is 0 Å². The van der Waals surface area contributed by atoms with Crippen molar-refractivity contribution in [3.8, 4) is 11.4 Å². The van der Waals surface area contributed by atoms with Crippen LogP contribution in [0.25, 0.3) is 16.6 Å². The first-order valence-corrected chi connectivity index (χ1v) is 8.67. The van der Waals surface area contributed by atoms with Crippen molar-refractivity contribution in [2.75, 3.05) is 12.4 Å². The summed E-state index contributed by atoms with van der Waals surface area (Å²) in [6.45, 7) is 0. The number of nitrogens with one attached hydrogen (secondary N) is 1. The number of halogens is 3. The summed E-state index contributed by atoms with van der Waals surface area (Å²) in [6, 6.07) is 11.3. The number of carbonyl (C=O) groups is 1. The summed E-state index contributed by atoms with van der Waals surface area (Å²) in [5.74, 6) is -0.0173. The maximum atomic E-state index is 13.2. The average Bonchev–Trinajstić information content (AvgIpc) is 3.27. The van der Waals surface area contributed by atoms with Gasteiger partial charge >= 0.3 is 6.18 Å². The fraction of sp³-hybridized carbons (Fsp3) is 0.100. The molecule has 2 heterocycles. The summed E-state index contributed by atoms with van der Waals surface area (Å²) in [4.78, 5) is 20.8. The molecule has 0 unspecified atom stereocenters. The minimum Gasteiger partial charge on any atom is -0.497 e. The van der Waals surface area contributed by atoms with Crippen molar-refractivity contribution in [3.05, 3.63) is 72.4 Å². The second-order valence-corrected chi connectivity index (χ2v) is 6.28. The third-order valence-electron chi connectivity index (χ3n) is 4.37. The van der Waals surface area contributed by atoms with Crippen LogP contribution in [0.2, 0.25) is 0 Å². The Kier molecular flexibility index (Phi) is 4.82. The minimum absolute atomic E-state index is 0.0506. The number of hydrogen-bond donors (Lipinski definition) is 1. The van der Waals surface area contributed by atoms with Crippen molar-refractivity contribution in [2.24, 2.45) is 0 Å². The second-order valence-electron chi connectivity index (χ2n) is 6.28. The lowest BCUT2D eigenvalue weighted by Gasteiger charge is -2.14. The number of anilines is 1. The molecule has 0 fully saturated rings. The van der Waals surface area contributed by atoms with Crippen LogP contribution in [0.4, 0.5) is 18.9 Å². The number of methoxy groups -OCH3 is 1. The topological polar surface area (TPSA) is 81.9 Å². The number of benzene rings is 2. The predicted molar refractivity (Wildman–Crippen MR) is 103 cm³/mol. The van der Waals surface area contributed by atoms with E-state index in [1.165, 1.54) is 36.6 Å². The van der Waals surface area contributed by atoms with E-state index in [1.54, 1.807) is 24.3 Å². The van der Waals surface area contributed by atoms with E-state index in [0.717, 1.165) is 17.5 Å². The summed E-state index contributed by atoms with van der Waals surface area (Å²) in [7, 11) is 1.54. The quantitative estimate of drug-likeness (QED) is 0.545. The number of fused-ring (bicyclic) bond motifs is 1. The van der Waals surface area contributed by atoms with Crippen LogP contribution in [-0.2, 0) is 6.18 Å². The number of nitrogens with zero attached hydrogens (tertiary/aromatic N) is 4. The highest BCUT2D eigenvalue weighted by molar-refractivity contribution is 6.05. The van der Waals surface area contributed by atoms with Gasteiger partial charge in [0.1, 0.15) is 24.1 Å². The van der Waals surface area contributed by atoms with Gasteiger partial charge < -0.3 is 10.1 Å². The zero-order chi connectivity index (χ0) is 21.3. The molecule has 1 amide bonds. The van der Waals surface area contributed by atoms with E-state index in [4.69, 9.17) is 4.74 Å². The highest BCUT2D eigenvalue weighted by Crippen LogP contribution is 2.33. The normalized spacial score (nSPS) is 11.5. The van der Waals surface area contributed by atoms with Crippen molar-refractivity contribution < 1.29 is 22.7 Å². The summed E-state index contributed by atoms with van der Waals surface area (Å²) >= 11 is 0. The molecule has 0 atom stereocenters. The van der Waals surface area contributed by atoms with Crippen molar-refractivity contribution in [1.82, 2.24) is 19.7 Å².